The third-order valence-corrected chi connectivity index (χ3v) is 2.51. The molecule has 17 heavy (non-hydrogen) atoms. The summed E-state index contributed by atoms with van der Waals surface area (Å²) in [6, 6.07) is 18.0. The highest BCUT2D eigenvalue weighted by Crippen LogP contribution is 2.22. The number of ether oxygens (including phenoxy) is 1. The third kappa shape index (κ3) is 3.49. The summed E-state index contributed by atoms with van der Waals surface area (Å²) < 4.78 is 5.77. The van der Waals surface area contributed by atoms with E-state index in [-0.39, 0.29) is 0 Å². The van der Waals surface area contributed by atoms with E-state index in [0.29, 0.717) is 0 Å². The molecule has 0 saturated carbocycles. The zero-order valence-electron chi connectivity index (χ0n) is 9.80. The van der Waals surface area contributed by atoms with Gasteiger partial charge in [-0.15, -0.1) is 6.58 Å². The maximum atomic E-state index is 5.77. The van der Waals surface area contributed by atoms with Gasteiger partial charge in [-0.2, -0.15) is 0 Å². The smallest absolute Gasteiger partial charge is 0.127 e. The molecule has 2 aromatic rings. The van der Waals surface area contributed by atoms with Crippen LogP contribution in [0.2, 0.25) is 0 Å². The average molecular weight is 224 g/mol. The van der Waals surface area contributed by atoms with Crippen molar-refractivity contribution in [1.82, 2.24) is 0 Å². The standard InChI is InChI=1S/C16H16O/c1-2-3-8-14-9-7-12-16(13-14)17-15-10-5-4-6-11-15/h2,4-7,9-13H,1,3,8H2. The van der Waals surface area contributed by atoms with Crippen molar-refractivity contribution in [2.75, 3.05) is 0 Å². The summed E-state index contributed by atoms with van der Waals surface area (Å²) in [5.74, 6) is 1.76. The first kappa shape index (κ1) is 11.5. The number of para-hydroxylation sites is 1. The molecule has 1 heteroatoms. The molecule has 2 rings (SSSR count). The number of hydrogen-bond donors (Lipinski definition) is 0. The van der Waals surface area contributed by atoms with Crippen molar-refractivity contribution in [3.8, 4) is 11.5 Å². The van der Waals surface area contributed by atoms with Crippen molar-refractivity contribution in [3.63, 3.8) is 0 Å². The Hall–Kier alpha value is -2.02. The van der Waals surface area contributed by atoms with E-state index < -0.39 is 0 Å². The predicted molar refractivity (Wildman–Crippen MR) is 71.5 cm³/mol. The highest BCUT2D eigenvalue weighted by molar-refractivity contribution is 5.33. The van der Waals surface area contributed by atoms with Gasteiger partial charge in [-0.25, -0.2) is 0 Å². The van der Waals surface area contributed by atoms with Gasteiger partial charge in [-0.1, -0.05) is 36.4 Å². The van der Waals surface area contributed by atoms with Crippen molar-refractivity contribution < 1.29 is 4.74 Å². The van der Waals surface area contributed by atoms with E-state index in [1.807, 2.05) is 48.5 Å². The van der Waals surface area contributed by atoms with Gasteiger partial charge in [0.25, 0.3) is 0 Å². The van der Waals surface area contributed by atoms with E-state index in [0.717, 1.165) is 24.3 Å². The summed E-state index contributed by atoms with van der Waals surface area (Å²) in [7, 11) is 0. The van der Waals surface area contributed by atoms with Gasteiger partial charge in [0.15, 0.2) is 0 Å². The fraction of sp³-hybridized carbons (Fsp3) is 0.125. The molecule has 0 amide bonds. The summed E-state index contributed by atoms with van der Waals surface area (Å²) in [5, 5.41) is 0. The molecular formula is C16H16O. The zero-order chi connectivity index (χ0) is 11.9. The van der Waals surface area contributed by atoms with E-state index in [9.17, 15) is 0 Å². The van der Waals surface area contributed by atoms with E-state index in [1.165, 1.54) is 5.56 Å². The lowest BCUT2D eigenvalue weighted by Gasteiger charge is -2.07. The fourth-order valence-electron chi connectivity index (χ4n) is 1.66. The monoisotopic (exact) mass is 224 g/mol. The van der Waals surface area contributed by atoms with Crippen molar-refractivity contribution in [2.24, 2.45) is 0 Å². The number of aryl methyl sites for hydroxylation is 1. The Morgan fingerprint density at radius 2 is 1.71 bits per heavy atom. The Morgan fingerprint density at radius 3 is 2.47 bits per heavy atom. The number of allylic oxidation sites excluding steroid dienone is 1. The lowest BCUT2D eigenvalue weighted by Crippen LogP contribution is -1.87. The molecule has 0 aliphatic rings. The molecular weight excluding hydrogens is 208 g/mol. The molecule has 0 atom stereocenters. The van der Waals surface area contributed by atoms with Crippen LogP contribution in [0.3, 0.4) is 0 Å². The van der Waals surface area contributed by atoms with Gasteiger partial charge in [-0.05, 0) is 42.7 Å². The van der Waals surface area contributed by atoms with Gasteiger partial charge in [0.1, 0.15) is 11.5 Å². The predicted octanol–water partition coefficient (Wildman–Crippen LogP) is 4.60. The SMILES string of the molecule is C=CCCc1cccc(Oc2ccccc2)c1. The van der Waals surface area contributed by atoms with Gasteiger partial charge < -0.3 is 4.74 Å². The second-order valence-corrected chi connectivity index (χ2v) is 3.89. The minimum absolute atomic E-state index is 0.869. The largest absolute Gasteiger partial charge is 0.457 e. The van der Waals surface area contributed by atoms with Crippen LogP contribution in [0, 0.1) is 0 Å². The van der Waals surface area contributed by atoms with Gasteiger partial charge in [0.2, 0.25) is 0 Å². The molecule has 0 aliphatic carbocycles. The lowest BCUT2D eigenvalue weighted by atomic mass is 10.1. The summed E-state index contributed by atoms with van der Waals surface area (Å²) in [5.41, 5.74) is 1.28. The number of benzene rings is 2. The molecule has 0 unspecified atom stereocenters. The molecule has 0 saturated heterocycles. The van der Waals surface area contributed by atoms with Crippen LogP contribution in [0.4, 0.5) is 0 Å². The van der Waals surface area contributed by atoms with Crippen molar-refractivity contribution in [2.45, 2.75) is 12.8 Å². The summed E-state index contributed by atoms with van der Waals surface area (Å²) in [6.07, 6.45) is 3.94. The molecule has 0 spiro atoms. The maximum Gasteiger partial charge on any atom is 0.127 e. The summed E-state index contributed by atoms with van der Waals surface area (Å²) in [6.45, 7) is 3.73. The second kappa shape index (κ2) is 5.90. The Kier molecular flexibility index (Phi) is 3.98. The zero-order valence-corrected chi connectivity index (χ0v) is 9.80. The lowest BCUT2D eigenvalue weighted by molar-refractivity contribution is 0.482. The first-order valence-electron chi connectivity index (χ1n) is 5.81. The van der Waals surface area contributed by atoms with Crippen molar-refractivity contribution in [3.05, 3.63) is 72.8 Å². The summed E-state index contributed by atoms with van der Waals surface area (Å²) in [4.78, 5) is 0. The van der Waals surface area contributed by atoms with E-state index >= 15 is 0 Å². The second-order valence-electron chi connectivity index (χ2n) is 3.89. The highest BCUT2D eigenvalue weighted by atomic mass is 16.5. The molecule has 0 N–H and O–H groups in total. The Labute approximate surface area is 102 Å². The Morgan fingerprint density at radius 1 is 0.941 bits per heavy atom. The van der Waals surface area contributed by atoms with Crippen LogP contribution in [0.25, 0.3) is 0 Å². The maximum absolute atomic E-state index is 5.77. The molecule has 0 bridgehead atoms. The molecule has 0 radical (unpaired) electrons. The number of hydrogen-bond acceptors (Lipinski definition) is 1. The molecule has 0 aliphatic heterocycles. The molecule has 2 aromatic carbocycles. The average Bonchev–Trinajstić information content (AvgIpc) is 2.38. The molecule has 86 valence electrons. The normalized spacial score (nSPS) is 9.88. The molecule has 0 heterocycles. The van der Waals surface area contributed by atoms with Gasteiger partial charge in [0, 0.05) is 0 Å². The fourth-order valence-corrected chi connectivity index (χ4v) is 1.66. The Bertz CT molecular complexity index is 474. The third-order valence-electron chi connectivity index (χ3n) is 2.51. The number of rotatable bonds is 5. The quantitative estimate of drug-likeness (QED) is 0.674. The van der Waals surface area contributed by atoms with E-state index in [1.54, 1.807) is 0 Å². The highest BCUT2D eigenvalue weighted by Gasteiger charge is 1.98. The van der Waals surface area contributed by atoms with Gasteiger partial charge >= 0.3 is 0 Å². The van der Waals surface area contributed by atoms with E-state index in [2.05, 4.69) is 18.7 Å². The van der Waals surface area contributed by atoms with Crippen LogP contribution < -0.4 is 4.74 Å². The van der Waals surface area contributed by atoms with Crippen LogP contribution in [0.1, 0.15) is 12.0 Å². The van der Waals surface area contributed by atoms with Crippen molar-refractivity contribution in [1.29, 1.82) is 0 Å². The minimum atomic E-state index is 0.869. The topological polar surface area (TPSA) is 9.23 Å². The first-order valence-corrected chi connectivity index (χ1v) is 5.81. The van der Waals surface area contributed by atoms with Crippen LogP contribution in [-0.4, -0.2) is 0 Å². The van der Waals surface area contributed by atoms with Gasteiger partial charge in [0.05, 0.1) is 0 Å². The van der Waals surface area contributed by atoms with E-state index in [4.69, 9.17) is 4.74 Å². The van der Waals surface area contributed by atoms with Crippen LogP contribution in [0.5, 0.6) is 11.5 Å². The van der Waals surface area contributed by atoms with Gasteiger partial charge in [-0.3, -0.25) is 0 Å². The van der Waals surface area contributed by atoms with Crippen LogP contribution in [-0.2, 0) is 6.42 Å². The molecule has 0 aromatic heterocycles. The van der Waals surface area contributed by atoms with Crippen molar-refractivity contribution >= 4 is 0 Å². The first-order chi connectivity index (χ1) is 8.38. The summed E-state index contributed by atoms with van der Waals surface area (Å²) >= 11 is 0. The molecule has 1 nitrogen and oxygen atoms in total. The minimum Gasteiger partial charge on any atom is -0.457 e. The van der Waals surface area contributed by atoms with Crippen LogP contribution >= 0.6 is 0 Å². The van der Waals surface area contributed by atoms with Crippen LogP contribution in [0.15, 0.2) is 67.3 Å². The molecule has 0 fully saturated rings. The Balaban J connectivity index is 2.08.